The predicted molar refractivity (Wildman–Crippen MR) is 91.2 cm³/mol. The van der Waals surface area contributed by atoms with Gasteiger partial charge < -0.3 is 4.74 Å². The molecule has 2 aliphatic heterocycles. The first-order valence-corrected chi connectivity index (χ1v) is 11.0. The number of rotatable bonds is 3. The number of ether oxygens (including phenoxy) is 1. The minimum atomic E-state index is -3.83. The molecule has 0 radical (unpaired) electrons. The number of hydrogen-bond donors (Lipinski definition) is 0. The first kappa shape index (κ1) is 18.3. The minimum Gasteiger partial charge on any atom is -0.378 e. The molecule has 1 unspecified atom stereocenters. The second-order valence-corrected chi connectivity index (χ2v) is 10.0. The standard InChI is InChI=1S/C15H20N2O6S2/c1-11-3-4-13(17-15(18)5-8-24(17,19)20)9-14(11)25(21,22)16-6-7-23-10-12(16)2/h3-4,9,12H,5-8,10H2,1-2H3. The first-order valence-electron chi connectivity index (χ1n) is 7.90. The van der Waals surface area contributed by atoms with Gasteiger partial charge in [0, 0.05) is 19.0 Å². The summed E-state index contributed by atoms with van der Waals surface area (Å²) in [6.07, 6.45) is -0.0984. The van der Waals surface area contributed by atoms with Crippen molar-refractivity contribution in [1.29, 1.82) is 0 Å². The van der Waals surface area contributed by atoms with E-state index in [0.29, 0.717) is 23.1 Å². The number of nitrogens with zero attached hydrogens (tertiary/aromatic N) is 2. The van der Waals surface area contributed by atoms with Crippen LogP contribution in [-0.2, 0) is 29.6 Å². The second kappa shape index (κ2) is 6.35. The molecule has 8 nitrogen and oxygen atoms in total. The summed E-state index contributed by atoms with van der Waals surface area (Å²) in [5.41, 5.74) is 0.555. The van der Waals surface area contributed by atoms with Gasteiger partial charge in [0.1, 0.15) is 0 Å². The van der Waals surface area contributed by atoms with Crippen molar-refractivity contribution >= 4 is 31.6 Å². The van der Waals surface area contributed by atoms with Crippen LogP contribution >= 0.6 is 0 Å². The lowest BCUT2D eigenvalue weighted by atomic mass is 10.2. The molecule has 1 atom stereocenters. The summed E-state index contributed by atoms with van der Waals surface area (Å²) < 4.78 is 57.6. The van der Waals surface area contributed by atoms with Gasteiger partial charge in [-0.3, -0.25) is 4.79 Å². The summed E-state index contributed by atoms with van der Waals surface area (Å²) in [5, 5.41) is 0. The Morgan fingerprint density at radius 3 is 2.60 bits per heavy atom. The Balaban J connectivity index is 2.07. The zero-order valence-electron chi connectivity index (χ0n) is 14.0. The fourth-order valence-electron chi connectivity index (χ4n) is 3.06. The summed E-state index contributed by atoms with van der Waals surface area (Å²) >= 11 is 0. The third-order valence-electron chi connectivity index (χ3n) is 4.38. The summed E-state index contributed by atoms with van der Waals surface area (Å²) in [4.78, 5) is 12.0. The number of benzene rings is 1. The van der Waals surface area contributed by atoms with E-state index in [2.05, 4.69) is 0 Å². The van der Waals surface area contributed by atoms with Gasteiger partial charge in [-0.25, -0.2) is 21.1 Å². The highest BCUT2D eigenvalue weighted by Crippen LogP contribution is 2.31. The van der Waals surface area contributed by atoms with Crippen LogP contribution < -0.4 is 4.31 Å². The van der Waals surface area contributed by atoms with E-state index in [4.69, 9.17) is 4.74 Å². The number of carbonyl (C=O) groups excluding carboxylic acids is 1. The van der Waals surface area contributed by atoms with Crippen LogP contribution in [0.3, 0.4) is 0 Å². The number of amides is 1. The Bertz CT molecular complexity index is 910. The van der Waals surface area contributed by atoms with Crippen LogP contribution in [0.15, 0.2) is 23.1 Å². The highest BCUT2D eigenvalue weighted by molar-refractivity contribution is 7.94. The van der Waals surface area contributed by atoms with Gasteiger partial charge >= 0.3 is 0 Å². The van der Waals surface area contributed by atoms with E-state index in [-0.39, 0.29) is 35.3 Å². The molecule has 0 spiro atoms. The molecule has 1 amide bonds. The largest absolute Gasteiger partial charge is 0.378 e. The number of anilines is 1. The lowest BCUT2D eigenvalue weighted by Gasteiger charge is -2.32. The SMILES string of the molecule is Cc1ccc(N2C(=O)CCS2(=O)=O)cc1S(=O)(=O)N1CCOCC1C. The van der Waals surface area contributed by atoms with Crippen LogP contribution in [0.4, 0.5) is 5.69 Å². The van der Waals surface area contributed by atoms with E-state index >= 15 is 0 Å². The summed E-state index contributed by atoms with van der Waals surface area (Å²) in [6.45, 7) is 4.23. The molecule has 0 N–H and O–H groups in total. The topological polar surface area (TPSA) is 101 Å². The summed E-state index contributed by atoms with van der Waals surface area (Å²) in [7, 11) is -7.57. The van der Waals surface area contributed by atoms with Gasteiger partial charge in [-0.1, -0.05) is 6.07 Å². The first-order chi connectivity index (χ1) is 11.6. The highest BCUT2D eigenvalue weighted by atomic mass is 32.2. The Labute approximate surface area is 147 Å². The number of carbonyl (C=O) groups is 1. The Hall–Kier alpha value is -1.49. The lowest BCUT2D eigenvalue weighted by molar-refractivity contribution is -0.116. The zero-order chi connectivity index (χ0) is 18.4. The van der Waals surface area contributed by atoms with E-state index in [0.717, 1.165) is 0 Å². The van der Waals surface area contributed by atoms with Crippen molar-refractivity contribution in [3.63, 3.8) is 0 Å². The molecular formula is C15H20N2O6S2. The highest BCUT2D eigenvalue weighted by Gasteiger charge is 2.38. The molecule has 0 bridgehead atoms. The molecular weight excluding hydrogens is 368 g/mol. The van der Waals surface area contributed by atoms with Gasteiger partial charge in [-0.05, 0) is 31.5 Å². The average molecular weight is 388 g/mol. The lowest BCUT2D eigenvalue weighted by Crippen LogP contribution is -2.47. The maximum absolute atomic E-state index is 13.0. The van der Waals surface area contributed by atoms with Crippen LogP contribution in [0.5, 0.6) is 0 Å². The van der Waals surface area contributed by atoms with Crippen LogP contribution in [0.25, 0.3) is 0 Å². The number of aryl methyl sites for hydroxylation is 1. The van der Waals surface area contributed by atoms with Crippen molar-refractivity contribution < 1.29 is 26.4 Å². The van der Waals surface area contributed by atoms with Gasteiger partial charge in [0.15, 0.2) is 0 Å². The molecule has 1 aromatic rings. The predicted octanol–water partition coefficient (Wildman–Crippen LogP) is 0.471. The van der Waals surface area contributed by atoms with Gasteiger partial charge in [0.05, 0.1) is 29.5 Å². The van der Waals surface area contributed by atoms with Gasteiger partial charge in [0.2, 0.25) is 26.0 Å². The van der Waals surface area contributed by atoms with Crippen molar-refractivity contribution in [2.75, 3.05) is 29.8 Å². The van der Waals surface area contributed by atoms with Crippen molar-refractivity contribution in [2.45, 2.75) is 31.2 Å². The number of morpholine rings is 1. The molecule has 2 fully saturated rings. The molecule has 2 saturated heterocycles. The zero-order valence-corrected chi connectivity index (χ0v) is 15.6. The normalized spacial score (nSPS) is 24.6. The quantitative estimate of drug-likeness (QED) is 0.746. The molecule has 0 saturated carbocycles. The molecule has 1 aromatic carbocycles. The molecule has 2 heterocycles. The maximum atomic E-state index is 13.0. The molecule has 0 aromatic heterocycles. The smallest absolute Gasteiger partial charge is 0.243 e. The average Bonchev–Trinajstić information content (AvgIpc) is 2.81. The van der Waals surface area contributed by atoms with Crippen LogP contribution in [0.1, 0.15) is 18.9 Å². The van der Waals surface area contributed by atoms with E-state index in [1.165, 1.54) is 22.5 Å². The molecule has 25 heavy (non-hydrogen) atoms. The second-order valence-electron chi connectivity index (χ2n) is 6.21. The Morgan fingerprint density at radius 1 is 1.28 bits per heavy atom. The minimum absolute atomic E-state index is 0.00801. The molecule has 0 aliphatic carbocycles. The van der Waals surface area contributed by atoms with Crippen molar-refractivity contribution in [1.82, 2.24) is 4.31 Å². The van der Waals surface area contributed by atoms with E-state index in [9.17, 15) is 21.6 Å². The fraction of sp³-hybridized carbons (Fsp3) is 0.533. The maximum Gasteiger partial charge on any atom is 0.243 e. The number of sulfonamides is 2. The summed E-state index contributed by atoms with van der Waals surface area (Å²) in [5.74, 6) is -0.811. The molecule has 3 rings (SSSR count). The number of hydrogen-bond acceptors (Lipinski definition) is 6. The van der Waals surface area contributed by atoms with Gasteiger partial charge in [0.25, 0.3) is 0 Å². The fourth-order valence-corrected chi connectivity index (χ4v) is 6.36. The third kappa shape index (κ3) is 3.19. The van der Waals surface area contributed by atoms with Crippen molar-refractivity contribution in [2.24, 2.45) is 0 Å². The molecule has 10 heteroatoms. The van der Waals surface area contributed by atoms with Crippen LogP contribution in [-0.4, -0.2) is 58.6 Å². The van der Waals surface area contributed by atoms with Crippen LogP contribution in [0.2, 0.25) is 0 Å². The monoisotopic (exact) mass is 388 g/mol. The van der Waals surface area contributed by atoms with Crippen LogP contribution in [0, 0.1) is 6.92 Å². The van der Waals surface area contributed by atoms with Crippen molar-refractivity contribution in [3.8, 4) is 0 Å². The Morgan fingerprint density at radius 2 is 2.00 bits per heavy atom. The third-order valence-corrected chi connectivity index (χ3v) is 8.22. The van der Waals surface area contributed by atoms with Gasteiger partial charge in [-0.15, -0.1) is 0 Å². The van der Waals surface area contributed by atoms with E-state index < -0.39 is 26.0 Å². The van der Waals surface area contributed by atoms with E-state index in [1.807, 2.05) is 0 Å². The molecule has 2 aliphatic rings. The molecule has 138 valence electrons. The van der Waals surface area contributed by atoms with E-state index in [1.54, 1.807) is 13.8 Å². The van der Waals surface area contributed by atoms with Gasteiger partial charge in [-0.2, -0.15) is 4.31 Å². The summed E-state index contributed by atoms with van der Waals surface area (Å²) in [6, 6.07) is 3.93. The Kier molecular flexibility index (Phi) is 4.65. The van der Waals surface area contributed by atoms with Crippen molar-refractivity contribution in [3.05, 3.63) is 23.8 Å².